The van der Waals surface area contributed by atoms with E-state index in [4.69, 9.17) is 4.74 Å². The zero-order valence-electron chi connectivity index (χ0n) is 18.6. The number of Topliss-reactive ketones (excluding diaryl/α,β-unsaturated/α-hetero) is 1. The van der Waals surface area contributed by atoms with Crippen molar-refractivity contribution >= 4 is 11.8 Å². The van der Waals surface area contributed by atoms with E-state index in [9.17, 15) is 22.8 Å². The average Bonchev–Trinajstić information content (AvgIpc) is 3.32. The summed E-state index contributed by atoms with van der Waals surface area (Å²) in [5, 5.41) is 0. The first kappa shape index (κ1) is 23.5. The minimum atomic E-state index is -4.37. The Morgan fingerprint density at radius 3 is 2.09 bits per heavy atom. The van der Waals surface area contributed by atoms with Crippen molar-refractivity contribution in [2.75, 3.05) is 13.7 Å². The van der Waals surface area contributed by atoms with Gasteiger partial charge in [0, 0.05) is 12.0 Å². The molecular weight excluding hydrogens is 445 g/mol. The van der Waals surface area contributed by atoms with E-state index in [1.165, 1.54) is 19.2 Å². The van der Waals surface area contributed by atoms with Gasteiger partial charge in [-0.1, -0.05) is 36.4 Å². The van der Waals surface area contributed by atoms with Crippen molar-refractivity contribution in [3.63, 3.8) is 0 Å². The maximum absolute atomic E-state index is 13.1. The van der Waals surface area contributed by atoms with Gasteiger partial charge in [0.05, 0.1) is 12.7 Å². The minimum Gasteiger partial charge on any atom is -0.482 e. The summed E-state index contributed by atoms with van der Waals surface area (Å²) in [7, 11) is 1.30. The first-order valence-electron chi connectivity index (χ1n) is 10.9. The third-order valence-corrected chi connectivity index (χ3v) is 5.98. The molecule has 0 unspecified atom stereocenters. The molecule has 0 atom stereocenters. The number of hydrogen-bond acceptors (Lipinski definition) is 4. The quantitative estimate of drug-likeness (QED) is 0.323. The summed E-state index contributed by atoms with van der Waals surface area (Å²) in [6, 6.07) is 15.7. The summed E-state index contributed by atoms with van der Waals surface area (Å²) in [6.45, 7) is -0.179. The number of fused-ring (bicyclic) bond motifs is 1. The molecule has 1 aliphatic rings. The smallest absolute Gasteiger partial charge is 0.416 e. The molecule has 0 N–H and O–H groups in total. The molecule has 0 spiro atoms. The van der Waals surface area contributed by atoms with Crippen LogP contribution in [0.1, 0.15) is 39.0 Å². The summed E-state index contributed by atoms with van der Waals surface area (Å²) in [6.07, 6.45) is -1.68. The van der Waals surface area contributed by atoms with Crippen LogP contribution >= 0.6 is 0 Å². The first-order valence-corrected chi connectivity index (χ1v) is 10.9. The predicted molar refractivity (Wildman–Crippen MR) is 121 cm³/mol. The monoisotopic (exact) mass is 468 g/mol. The van der Waals surface area contributed by atoms with E-state index in [0.29, 0.717) is 16.9 Å². The highest BCUT2D eigenvalue weighted by atomic mass is 19.4. The largest absolute Gasteiger partial charge is 0.482 e. The molecule has 1 aliphatic carbocycles. The van der Waals surface area contributed by atoms with Crippen molar-refractivity contribution in [2.24, 2.45) is 0 Å². The van der Waals surface area contributed by atoms with Crippen molar-refractivity contribution in [3.8, 4) is 16.9 Å². The Kier molecular flexibility index (Phi) is 6.72. The summed E-state index contributed by atoms with van der Waals surface area (Å²) in [5.74, 6) is 0.127. The third kappa shape index (κ3) is 5.14. The Labute approximate surface area is 195 Å². The second-order valence-corrected chi connectivity index (χ2v) is 8.16. The fraction of sp³-hybridized carbons (Fsp3) is 0.259. The Morgan fingerprint density at radius 1 is 0.853 bits per heavy atom. The van der Waals surface area contributed by atoms with Gasteiger partial charge in [-0.3, -0.25) is 4.79 Å². The fourth-order valence-electron chi connectivity index (χ4n) is 4.21. The van der Waals surface area contributed by atoms with Crippen molar-refractivity contribution < 1.29 is 32.2 Å². The number of halogens is 3. The van der Waals surface area contributed by atoms with E-state index in [0.717, 1.165) is 53.6 Å². The van der Waals surface area contributed by atoms with Gasteiger partial charge < -0.3 is 9.47 Å². The van der Waals surface area contributed by atoms with Gasteiger partial charge in [0.1, 0.15) is 5.75 Å². The highest BCUT2D eigenvalue weighted by molar-refractivity contribution is 5.99. The number of ketones is 1. The molecule has 0 saturated heterocycles. The lowest BCUT2D eigenvalue weighted by molar-refractivity contribution is -0.143. The van der Waals surface area contributed by atoms with Crippen LogP contribution in [0.4, 0.5) is 13.2 Å². The number of ether oxygens (including phenoxy) is 2. The number of carbonyl (C=O) groups excluding carboxylic acids is 2. The topological polar surface area (TPSA) is 52.6 Å². The Hall–Kier alpha value is -3.61. The molecule has 0 bridgehead atoms. The summed E-state index contributed by atoms with van der Waals surface area (Å²) in [4.78, 5) is 24.4. The van der Waals surface area contributed by atoms with Gasteiger partial charge in [0.15, 0.2) is 12.4 Å². The van der Waals surface area contributed by atoms with Crippen LogP contribution in [0.25, 0.3) is 11.1 Å². The van der Waals surface area contributed by atoms with Crippen molar-refractivity contribution in [1.82, 2.24) is 0 Å². The molecule has 4 nitrogen and oxygen atoms in total. The van der Waals surface area contributed by atoms with Gasteiger partial charge in [-0.15, -0.1) is 0 Å². The van der Waals surface area contributed by atoms with Crippen LogP contribution < -0.4 is 4.74 Å². The van der Waals surface area contributed by atoms with Gasteiger partial charge in [-0.05, 0) is 71.3 Å². The Bertz CT molecular complexity index is 1200. The Balaban J connectivity index is 1.47. The second kappa shape index (κ2) is 9.71. The highest BCUT2D eigenvalue weighted by Crippen LogP contribution is 2.34. The van der Waals surface area contributed by atoms with Crippen molar-refractivity contribution in [2.45, 2.75) is 31.9 Å². The maximum Gasteiger partial charge on any atom is 0.416 e. The van der Waals surface area contributed by atoms with Crippen LogP contribution in [0.5, 0.6) is 5.75 Å². The minimum absolute atomic E-state index is 0.0139. The van der Waals surface area contributed by atoms with Crippen LogP contribution in [-0.2, 0) is 35.0 Å². The average molecular weight is 468 g/mol. The molecule has 34 heavy (non-hydrogen) atoms. The first-order chi connectivity index (χ1) is 16.3. The van der Waals surface area contributed by atoms with Gasteiger partial charge in [-0.2, -0.15) is 13.2 Å². The number of carbonyl (C=O) groups is 2. The molecule has 0 fully saturated rings. The van der Waals surface area contributed by atoms with E-state index < -0.39 is 17.7 Å². The molecule has 0 aromatic heterocycles. The lowest BCUT2D eigenvalue weighted by atomic mass is 9.94. The molecule has 3 aromatic carbocycles. The molecule has 4 rings (SSSR count). The number of methoxy groups -OCH3 is 1. The van der Waals surface area contributed by atoms with Crippen LogP contribution in [0.3, 0.4) is 0 Å². The maximum atomic E-state index is 13.1. The Morgan fingerprint density at radius 2 is 1.47 bits per heavy atom. The van der Waals surface area contributed by atoms with Crippen molar-refractivity contribution in [3.05, 3.63) is 88.5 Å². The van der Waals surface area contributed by atoms with Crippen LogP contribution in [0, 0.1) is 0 Å². The fourth-order valence-corrected chi connectivity index (χ4v) is 4.21. The summed E-state index contributed by atoms with van der Waals surface area (Å²) < 4.78 is 48.5. The highest BCUT2D eigenvalue weighted by Gasteiger charge is 2.30. The second-order valence-electron chi connectivity index (χ2n) is 8.16. The van der Waals surface area contributed by atoms with E-state index in [2.05, 4.69) is 4.74 Å². The molecule has 7 heteroatoms. The lowest BCUT2D eigenvalue weighted by Crippen LogP contribution is -2.14. The molecule has 0 amide bonds. The molecule has 3 aromatic rings. The molecular formula is C27H23F3O4. The number of benzene rings is 3. The van der Waals surface area contributed by atoms with Gasteiger partial charge in [-0.25, -0.2) is 4.79 Å². The van der Waals surface area contributed by atoms with Crippen molar-refractivity contribution in [1.29, 1.82) is 0 Å². The number of esters is 1. The lowest BCUT2D eigenvalue weighted by Gasteiger charge is -2.13. The van der Waals surface area contributed by atoms with Gasteiger partial charge in [0.2, 0.25) is 0 Å². The molecule has 0 aliphatic heterocycles. The molecule has 176 valence electrons. The zero-order valence-corrected chi connectivity index (χ0v) is 18.6. The number of alkyl halides is 3. The van der Waals surface area contributed by atoms with Crippen LogP contribution in [0.2, 0.25) is 0 Å². The normalized spacial score (nSPS) is 12.8. The molecule has 0 saturated carbocycles. The van der Waals surface area contributed by atoms with E-state index in [1.54, 1.807) is 24.3 Å². The van der Waals surface area contributed by atoms with E-state index in [-0.39, 0.29) is 18.8 Å². The van der Waals surface area contributed by atoms with Crippen LogP contribution in [0.15, 0.2) is 60.7 Å². The van der Waals surface area contributed by atoms with E-state index >= 15 is 0 Å². The summed E-state index contributed by atoms with van der Waals surface area (Å²) >= 11 is 0. The van der Waals surface area contributed by atoms with Gasteiger partial charge >= 0.3 is 12.1 Å². The van der Waals surface area contributed by atoms with Crippen LogP contribution in [-0.4, -0.2) is 25.5 Å². The standard InChI is InChI=1S/C27H23F3O4/c1-33-26(32)16-34-25-14-13-22(21-3-2-4-23(21)25)24(31)15-17-5-7-18(8-6-17)19-9-11-20(12-10-19)27(28,29)30/h5-14H,2-4,15-16H2,1H3. The van der Waals surface area contributed by atoms with Gasteiger partial charge in [0.25, 0.3) is 0 Å². The number of rotatable bonds is 7. The van der Waals surface area contributed by atoms with E-state index in [1.807, 2.05) is 12.1 Å². The third-order valence-electron chi connectivity index (χ3n) is 5.98. The SMILES string of the molecule is COC(=O)COc1ccc(C(=O)Cc2ccc(-c3ccc(C(F)(F)F)cc3)cc2)c2c1CCC2. The molecule has 0 heterocycles. The predicted octanol–water partition coefficient (Wildman–Crippen LogP) is 5.84. The zero-order chi connectivity index (χ0) is 24.3. The number of hydrogen-bond donors (Lipinski definition) is 0. The molecule has 0 radical (unpaired) electrons. The summed E-state index contributed by atoms with van der Waals surface area (Å²) in [5.41, 5.74) is 4.17.